The van der Waals surface area contributed by atoms with E-state index in [4.69, 9.17) is 9.47 Å². The van der Waals surface area contributed by atoms with Crippen LogP contribution in [0, 0.1) is 0 Å². The number of carbonyl (C=O) groups excluding carboxylic acids is 1. The second-order valence-corrected chi connectivity index (χ2v) is 6.73. The number of nitrogens with zero attached hydrogens (tertiary/aromatic N) is 2. The SMILES string of the molecule is CCCCOc1ccc(B(O)O)cc1C=NNc1nc(CC(=O)OCC)cs1. The summed E-state index contributed by atoms with van der Waals surface area (Å²) in [7, 11) is -1.57. The minimum atomic E-state index is -1.57. The van der Waals surface area contributed by atoms with Crippen LogP contribution in [0.1, 0.15) is 37.9 Å². The molecule has 0 spiro atoms. The normalized spacial score (nSPS) is 10.9. The molecule has 8 nitrogen and oxygen atoms in total. The molecule has 0 aliphatic heterocycles. The summed E-state index contributed by atoms with van der Waals surface area (Å²) in [5.74, 6) is 0.279. The van der Waals surface area contributed by atoms with Crippen LogP contribution in [0.4, 0.5) is 5.13 Å². The van der Waals surface area contributed by atoms with Gasteiger partial charge in [-0.15, -0.1) is 11.3 Å². The van der Waals surface area contributed by atoms with Gasteiger partial charge in [0.15, 0.2) is 0 Å². The summed E-state index contributed by atoms with van der Waals surface area (Å²) in [5, 5.41) is 25.2. The van der Waals surface area contributed by atoms with Crippen LogP contribution in [0.15, 0.2) is 28.7 Å². The van der Waals surface area contributed by atoms with Gasteiger partial charge in [0, 0.05) is 10.9 Å². The predicted octanol–water partition coefficient (Wildman–Crippen LogP) is 1.55. The third kappa shape index (κ3) is 6.95. The molecule has 0 aliphatic rings. The Kier molecular flexibility index (Phi) is 8.92. The number of hydrazone groups is 1. The van der Waals surface area contributed by atoms with Gasteiger partial charge in [0.05, 0.1) is 31.5 Å². The molecule has 1 aromatic carbocycles. The molecule has 3 N–H and O–H groups in total. The smallest absolute Gasteiger partial charge is 0.488 e. The summed E-state index contributed by atoms with van der Waals surface area (Å²) >= 11 is 1.32. The number of unbranched alkanes of at least 4 members (excludes halogenated alkanes) is 1. The summed E-state index contributed by atoms with van der Waals surface area (Å²) in [6, 6.07) is 4.89. The molecule has 0 atom stereocenters. The molecule has 28 heavy (non-hydrogen) atoms. The molecule has 0 radical (unpaired) electrons. The van der Waals surface area contributed by atoms with Crippen molar-refractivity contribution in [2.24, 2.45) is 5.10 Å². The number of hydrogen-bond donors (Lipinski definition) is 3. The monoisotopic (exact) mass is 405 g/mol. The lowest BCUT2D eigenvalue weighted by molar-refractivity contribution is -0.142. The molecule has 2 aromatic rings. The Morgan fingerprint density at radius 3 is 2.93 bits per heavy atom. The highest BCUT2D eigenvalue weighted by Crippen LogP contribution is 2.18. The van der Waals surface area contributed by atoms with E-state index < -0.39 is 7.12 Å². The van der Waals surface area contributed by atoms with Gasteiger partial charge in [0.1, 0.15) is 5.75 Å². The molecule has 2 rings (SSSR count). The van der Waals surface area contributed by atoms with Crippen molar-refractivity contribution in [1.82, 2.24) is 4.98 Å². The number of aromatic nitrogens is 1. The maximum atomic E-state index is 11.5. The average Bonchev–Trinajstić information content (AvgIpc) is 3.10. The molecule has 0 unspecified atom stereocenters. The van der Waals surface area contributed by atoms with E-state index in [9.17, 15) is 14.8 Å². The number of ether oxygens (including phenoxy) is 2. The molecule has 0 saturated carbocycles. The van der Waals surface area contributed by atoms with Gasteiger partial charge in [0.2, 0.25) is 5.13 Å². The number of rotatable bonds is 11. The molecular weight excluding hydrogens is 381 g/mol. The Morgan fingerprint density at radius 2 is 2.21 bits per heavy atom. The number of esters is 1. The molecule has 0 amide bonds. The fourth-order valence-corrected chi connectivity index (χ4v) is 2.90. The fourth-order valence-electron chi connectivity index (χ4n) is 2.24. The summed E-state index contributed by atoms with van der Waals surface area (Å²) in [6.45, 7) is 4.73. The highest BCUT2D eigenvalue weighted by atomic mass is 32.1. The first kappa shape index (κ1) is 21.9. The highest BCUT2D eigenvalue weighted by Gasteiger charge is 2.13. The van der Waals surface area contributed by atoms with Crippen LogP contribution in [0.5, 0.6) is 5.75 Å². The number of hydrogen-bond acceptors (Lipinski definition) is 9. The van der Waals surface area contributed by atoms with Crippen LogP contribution in [0.25, 0.3) is 0 Å². The lowest BCUT2D eigenvalue weighted by Gasteiger charge is -2.10. The van der Waals surface area contributed by atoms with Crippen LogP contribution in [-0.2, 0) is 16.0 Å². The van der Waals surface area contributed by atoms with Gasteiger partial charge >= 0.3 is 13.1 Å². The van der Waals surface area contributed by atoms with Crippen LogP contribution < -0.4 is 15.6 Å². The minimum Gasteiger partial charge on any atom is -0.493 e. The zero-order valence-corrected chi connectivity index (χ0v) is 16.7. The van der Waals surface area contributed by atoms with E-state index in [1.165, 1.54) is 17.6 Å². The van der Waals surface area contributed by atoms with Gasteiger partial charge in [-0.25, -0.2) is 4.98 Å². The van der Waals surface area contributed by atoms with Crippen molar-refractivity contribution < 1.29 is 24.3 Å². The van der Waals surface area contributed by atoms with Crippen LogP contribution in [0.3, 0.4) is 0 Å². The number of benzene rings is 1. The first-order valence-electron chi connectivity index (χ1n) is 9.05. The summed E-state index contributed by atoms with van der Waals surface area (Å²) < 4.78 is 10.6. The molecule has 0 saturated heterocycles. The van der Waals surface area contributed by atoms with Gasteiger partial charge in [0.25, 0.3) is 0 Å². The molecule has 1 aromatic heterocycles. The third-order valence-electron chi connectivity index (χ3n) is 3.63. The van der Waals surface area contributed by atoms with Gasteiger partial charge < -0.3 is 19.5 Å². The Labute approximate surface area is 168 Å². The Bertz CT molecular complexity index is 797. The van der Waals surface area contributed by atoms with Crippen molar-refractivity contribution >= 4 is 41.2 Å². The van der Waals surface area contributed by atoms with Gasteiger partial charge in [-0.2, -0.15) is 5.10 Å². The largest absolute Gasteiger partial charge is 0.493 e. The second kappa shape index (κ2) is 11.4. The average molecular weight is 405 g/mol. The lowest BCUT2D eigenvalue weighted by Crippen LogP contribution is -2.30. The summed E-state index contributed by atoms with van der Waals surface area (Å²) in [6.07, 6.45) is 3.57. The van der Waals surface area contributed by atoms with E-state index in [1.54, 1.807) is 30.5 Å². The predicted molar refractivity (Wildman–Crippen MR) is 110 cm³/mol. The fraction of sp³-hybridized carbons (Fsp3) is 0.389. The van der Waals surface area contributed by atoms with E-state index in [-0.39, 0.29) is 12.4 Å². The number of thiazole rings is 1. The lowest BCUT2D eigenvalue weighted by atomic mass is 9.79. The van der Waals surface area contributed by atoms with Crippen molar-refractivity contribution in [3.8, 4) is 5.75 Å². The van der Waals surface area contributed by atoms with Crippen LogP contribution >= 0.6 is 11.3 Å². The van der Waals surface area contributed by atoms with Crippen molar-refractivity contribution in [3.63, 3.8) is 0 Å². The Balaban J connectivity index is 2.04. The number of anilines is 1. The first-order chi connectivity index (χ1) is 13.5. The quantitative estimate of drug-likeness (QED) is 0.171. The molecule has 0 aliphatic carbocycles. The van der Waals surface area contributed by atoms with Crippen molar-refractivity contribution in [2.75, 3.05) is 18.6 Å². The van der Waals surface area contributed by atoms with E-state index in [0.29, 0.717) is 40.8 Å². The van der Waals surface area contributed by atoms with Gasteiger partial charge in [-0.3, -0.25) is 10.2 Å². The van der Waals surface area contributed by atoms with Crippen molar-refractivity contribution in [2.45, 2.75) is 33.1 Å². The van der Waals surface area contributed by atoms with E-state index in [2.05, 4.69) is 22.4 Å². The molecule has 0 fully saturated rings. The van der Waals surface area contributed by atoms with Crippen LogP contribution in [0.2, 0.25) is 0 Å². The Hall–Kier alpha value is -2.43. The van der Waals surface area contributed by atoms with Crippen LogP contribution in [-0.4, -0.2) is 47.5 Å². The maximum absolute atomic E-state index is 11.5. The first-order valence-corrected chi connectivity index (χ1v) is 9.93. The highest BCUT2D eigenvalue weighted by molar-refractivity contribution is 7.13. The van der Waals surface area contributed by atoms with Crippen molar-refractivity contribution in [1.29, 1.82) is 0 Å². The number of carbonyl (C=O) groups is 1. The standard InChI is InChI=1S/C18H24BN3O5S/c1-3-5-8-27-16-7-6-14(19(24)25)9-13(16)11-20-22-18-21-15(12-28-18)10-17(23)26-4-2/h6-7,9,11-12,24-25H,3-5,8,10H2,1-2H3,(H,21,22). The van der Waals surface area contributed by atoms with Gasteiger partial charge in [-0.1, -0.05) is 19.4 Å². The van der Waals surface area contributed by atoms with E-state index in [0.717, 1.165) is 12.8 Å². The second-order valence-electron chi connectivity index (χ2n) is 5.87. The minimum absolute atomic E-state index is 0.113. The van der Waals surface area contributed by atoms with E-state index in [1.807, 2.05) is 0 Å². The molecule has 0 bridgehead atoms. The topological polar surface area (TPSA) is 113 Å². The molecular formula is C18H24BN3O5S. The zero-order valence-electron chi connectivity index (χ0n) is 15.9. The molecule has 10 heteroatoms. The summed E-state index contributed by atoms with van der Waals surface area (Å²) in [4.78, 5) is 15.8. The third-order valence-corrected chi connectivity index (χ3v) is 4.43. The Morgan fingerprint density at radius 1 is 1.39 bits per heavy atom. The molecule has 150 valence electrons. The number of nitrogens with one attached hydrogen (secondary N) is 1. The zero-order chi connectivity index (χ0) is 20.4. The van der Waals surface area contributed by atoms with Gasteiger partial charge in [-0.05, 0) is 30.9 Å². The molecule has 1 heterocycles. The van der Waals surface area contributed by atoms with Crippen molar-refractivity contribution in [3.05, 3.63) is 34.8 Å². The summed E-state index contributed by atoms with van der Waals surface area (Å²) in [5.41, 5.74) is 4.36. The van der Waals surface area contributed by atoms with E-state index >= 15 is 0 Å². The maximum Gasteiger partial charge on any atom is 0.488 e.